The van der Waals surface area contributed by atoms with Gasteiger partial charge in [-0.1, -0.05) is 0 Å². The maximum Gasteiger partial charge on any atom is 3.00 e. The number of carboxylic acid groups (broad SMARTS) is 3. The summed E-state index contributed by atoms with van der Waals surface area (Å²) in [5, 5.41) is 26.7. The fourth-order valence-corrected chi connectivity index (χ4v) is 0. The maximum absolute atomic E-state index is 8.89. The van der Waals surface area contributed by atoms with Crippen molar-refractivity contribution in [1.29, 1.82) is 0 Å². The first kappa shape index (κ1) is 29.3. The predicted octanol–water partition coefficient (Wildman–Crippen LogP) is -3.74. The van der Waals surface area contributed by atoms with E-state index in [2.05, 4.69) is 0 Å². The van der Waals surface area contributed by atoms with Gasteiger partial charge in [-0.2, -0.15) is 0 Å². The smallest absolute Gasteiger partial charge is 0.550 e. The molecule has 0 radical (unpaired) electrons. The average Bonchev–Trinajstić information content (AvgIpc) is 1.54. The van der Waals surface area contributed by atoms with Crippen molar-refractivity contribution in [3.05, 3.63) is 0 Å². The molecule has 0 aromatic rings. The van der Waals surface area contributed by atoms with Crippen LogP contribution >= 0.6 is 0 Å². The largest absolute Gasteiger partial charge is 3.00 e. The van der Waals surface area contributed by atoms with E-state index in [0.717, 1.165) is 20.8 Å². The van der Waals surface area contributed by atoms with Crippen LogP contribution in [0.4, 0.5) is 0 Å². The minimum absolute atomic E-state index is 0. The zero-order valence-electron chi connectivity index (χ0n) is 8.03. The van der Waals surface area contributed by atoms with Crippen LogP contribution in [0.15, 0.2) is 0 Å². The van der Waals surface area contributed by atoms with Gasteiger partial charge in [0.2, 0.25) is 0 Å². The van der Waals surface area contributed by atoms with Crippen LogP contribution in [0.2, 0.25) is 0 Å². The first-order valence-corrected chi connectivity index (χ1v) is 2.72. The minimum atomic E-state index is -1.08. The van der Waals surface area contributed by atoms with Crippen molar-refractivity contribution in [1.82, 2.24) is 0 Å². The fraction of sp³-hybridized carbons (Fsp3) is 0.500. The van der Waals surface area contributed by atoms with Crippen molar-refractivity contribution >= 4 is 17.9 Å². The summed E-state index contributed by atoms with van der Waals surface area (Å²) in [5.74, 6) is -3.25. The topological polar surface area (TPSA) is 120 Å². The van der Waals surface area contributed by atoms with E-state index in [-0.39, 0.29) is 58.9 Å². The van der Waals surface area contributed by atoms with E-state index in [1.807, 2.05) is 0 Å². The van der Waals surface area contributed by atoms with E-state index in [1.54, 1.807) is 0 Å². The Labute approximate surface area is 126 Å². The van der Waals surface area contributed by atoms with Gasteiger partial charge in [-0.3, -0.25) is 0 Å². The van der Waals surface area contributed by atoms with Crippen molar-refractivity contribution in [3.63, 3.8) is 0 Å². The summed E-state index contributed by atoms with van der Waals surface area (Å²) in [4.78, 5) is 26.7. The van der Waals surface area contributed by atoms with E-state index in [0.29, 0.717) is 0 Å². The van der Waals surface area contributed by atoms with Crippen LogP contribution in [0.1, 0.15) is 20.8 Å². The molecule has 0 aliphatic carbocycles. The summed E-state index contributed by atoms with van der Waals surface area (Å²) < 4.78 is 0. The molecular weight excluding hydrogens is 348 g/mol. The third-order valence-electron chi connectivity index (χ3n) is 0. The number of aliphatic carboxylic acids is 3. The summed E-state index contributed by atoms with van der Waals surface area (Å²) >= 11 is 0. The van der Waals surface area contributed by atoms with Crippen molar-refractivity contribution in [2.24, 2.45) is 0 Å². The summed E-state index contributed by atoms with van der Waals surface area (Å²) in [5.41, 5.74) is 0. The molecular formula is C6H9O6YZr. The molecule has 6 nitrogen and oxygen atoms in total. The molecule has 76 valence electrons. The Morgan fingerprint density at radius 2 is 0.714 bits per heavy atom. The maximum atomic E-state index is 8.89. The summed E-state index contributed by atoms with van der Waals surface area (Å²) in [7, 11) is 0. The Morgan fingerprint density at radius 1 is 0.714 bits per heavy atom. The number of carbonyl (C=O) groups is 3. The molecule has 0 fully saturated rings. The van der Waals surface area contributed by atoms with Crippen molar-refractivity contribution in [3.8, 4) is 0 Å². The van der Waals surface area contributed by atoms with E-state index in [4.69, 9.17) is 29.7 Å². The van der Waals surface area contributed by atoms with Crippen LogP contribution in [0.3, 0.4) is 0 Å². The summed E-state index contributed by atoms with van der Waals surface area (Å²) in [6, 6.07) is 0. The normalized spacial score (nSPS) is 5.36. The number of carboxylic acids is 3. The van der Waals surface area contributed by atoms with Gasteiger partial charge in [0.05, 0.1) is 0 Å². The molecule has 0 aromatic carbocycles. The Hall–Kier alpha value is 0.397. The molecule has 0 saturated heterocycles. The molecule has 0 bridgehead atoms. The second kappa shape index (κ2) is 23.3. The standard InChI is InChI=1S/3C2H4O2.Y.Zr/c3*1-2(3)4;;/h3*1H3,(H,3,4);;/q;;;+3;/p-3. The van der Waals surface area contributed by atoms with Crippen LogP contribution in [-0.4, -0.2) is 17.9 Å². The van der Waals surface area contributed by atoms with Crippen LogP contribution in [-0.2, 0) is 73.3 Å². The monoisotopic (exact) mass is 356 g/mol. The molecule has 0 spiro atoms. The van der Waals surface area contributed by atoms with Gasteiger partial charge in [-0.15, -0.1) is 0 Å². The number of hydrogen-bond donors (Lipinski definition) is 0. The zero-order chi connectivity index (χ0) is 10.7. The first-order valence-electron chi connectivity index (χ1n) is 2.72. The van der Waals surface area contributed by atoms with Crippen molar-refractivity contribution in [2.75, 3.05) is 0 Å². The number of hydrogen-bond acceptors (Lipinski definition) is 6. The number of rotatable bonds is 0. The Bertz CT molecular complexity index is 120. The SMILES string of the molecule is CC(=O)[O-].CC(=O)[O-].CC(=O)[O-].[Y+3].[Zr]. The molecule has 0 rings (SSSR count). The van der Waals surface area contributed by atoms with E-state index >= 15 is 0 Å². The molecule has 0 heterocycles. The molecule has 14 heavy (non-hydrogen) atoms. The molecule has 0 atom stereocenters. The Balaban J connectivity index is -0.0000000270. The third kappa shape index (κ3) is 10200. The van der Waals surface area contributed by atoms with E-state index < -0.39 is 17.9 Å². The minimum Gasteiger partial charge on any atom is -0.550 e. The second-order valence-corrected chi connectivity index (χ2v) is 1.47. The fourth-order valence-electron chi connectivity index (χ4n) is 0. The second-order valence-electron chi connectivity index (χ2n) is 1.47. The van der Waals surface area contributed by atoms with Gasteiger partial charge in [0.1, 0.15) is 0 Å². The van der Waals surface area contributed by atoms with Gasteiger partial charge in [0, 0.05) is 44.1 Å². The molecule has 0 aromatic heterocycles. The van der Waals surface area contributed by atoms with Crippen LogP contribution < -0.4 is 15.3 Å². The molecule has 0 saturated carbocycles. The molecule has 0 amide bonds. The number of carbonyl (C=O) groups excluding carboxylic acids is 3. The van der Waals surface area contributed by atoms with Gasteiger partial charge < -0.3 is 29.7 Å². The van der Waals surface area contributed by atoms with Gasteiger partial charge >= 0.3 is 32.7 Å². The Kier molecular flexibility index (Phi) is 48.7. The molecule has 0 N–H and O–H groups in total. The van der Waals surface area contributed by atoms with E-state index in [9.17, 15) is 0 Å². The van der Waals surface area contributed by atoms with Crippen molar-refractivity contribution < 1.29 is 88.6 Å². The molecule has 0 unspecified atom stereocenters. The van der Waals surface area contributed by atoms with Crippen molar-refractivity contribution in [2.45, 2.75) is 20.8 Å². The van der Waals surface area contributed by atoms with Gasteiger partial charge in [0.25, 0.3) is 0 Å². The third-order valence-corrected chi connectivity index (χ3v) is 0. The molecule has 0 aliphatic rings. The first-order chi connectivity index (χ1) is 5.20. The van der Waals surface area contributed by atoms with Crippen LogP contribution in [0, 0.1) is 0 Å². The summed E-state index contributed by atoms with van der Waals surface area (Å²) in [6.07, 6.45) is 0. The molecule has 0 aliphatic heterocycles. The summed E-state index contributed by atoms with van der Waals surface area (Å²) in [6.45, 7) is 2.92. The van der Waals surface area contributed by atoms with Gasteiger partial charge in [0.15, 0.2) is 0 Å². The zero-order valence-corrected chi connectivity index (χ0v) is 13.3. The van der Waals surface area contributed by atoms with Gasteiger partial charge in [-0.25, -0.2) is 0 Å². The van der Waals surface area contributed by atoms with Crippen LogP contribution in [0.5, 0.6) is 0 Å². The van der Waals surface area contributed by atoms with E-state index in [1.165, 1.54) is 0 Å². The predicted molar refractivity (Wildman–Crippen MR) is 32.0 cm³/mol. The van der Waals surface area contributed by atoms with Gasteiger partial charge in [-0.05, 0) is 20.8 Å². The molecule has 8 heteroatoms. The van der Waals surface area contributed by atoms with Crippen LogP contribution in [0.25, 0.3) is 0 Å². The Morgan fingerprint density at radius 3 is 0.714 bits per heavy atom. The quantitative estimate of drug-likeness (QED) is 0.439. The average molecular weight is 357 g/mol.